The number of hydrogen-bond acceptors (Lipinski definition) is 5. The topological polar surface area (TPSA) is 64.7 Å². The maximum Gasteiger partial charge on any atom is 0.162 e. The van der Waals surface area contributed by atoms with Crippen LogP contribution in [0, 0.1) is 0 Å². The average Bonchev–Trinajstić information content (AvgIpc) is 2.90. The van der Waals surface area contributed by atoms with Crippen molar-refractivity contribution in [1.82, 2.24) is 0 Å². The summed E-state index contributed by atoms with van der Waals surface area (Å²) in [4.78, 5) is 0.961. The molecule has 114 valence electrons. The predicted octanol–water partition coefficient (Wildman–Crippen LogP) is 3.37. The van der Waals surface area contributed by atoms with E-state index in [2.05, 4.69) is 0 Å². The molecule has 1 aromatic carbocycles. The van der Waals surface area contributed by atoms with Crippen molar-refractivity contribution >= 4 is 22.9 Å². The summed E-state index contributed by atoms with van der Waals surface area (Å²) in [5.41, 5.74) is 6.79. The number of nitrogens with two attached hydrogens (primary N) is 1. The lowest BCUT2D eigenvalue weighted by atomic mass is 10.1. The molecule has 0 aliphatic heterocycles. The van der Waals surface area contributed by atoms with Crippen molar-refractivity contribution in [3.8, 4) is 11.5 Å². The number of halogens is 1. The van der Waals surface area contributed by atoms with E-state index in [-0.39, 0.29) is 18.8 Å². The highest BCUT2D eigenvalue weighted by molar-refractivity contribution is 7.16. The summed E-state index contributed by atoms with van der Waals surface area (Å²) in [6, 6.07) is 8.84. The lowest BCUT2D eigenvalue weighted by Crippen LogP contribution is -2.28. The summed E-state index contributed by atoms with van der Waals surface area (Å²) in [5, 5.41) is 9.17. The molecular weight excluding hydrogens is 310 g/mol. The second-order valence-corrected chi connectivity index (χ2v) is 6.43. The van der Waals surface area contributed by atoms with E-state index in [1.807, 2.05) is 19.1 Å². The Hall–Kier alpha value is -1.27. The molecule has 2 rings (SSSR count). The van der Waals surface area contributed by atoms with E-state index in [4.69, 9.17) is 31.9 Å². The van der Waals surface area contributed by atoms with Gasteiger partial charge in [0.15, 0.2) is 11.5 Å². The van der Waals surface area contributed by atoms with E-state index in [1.165, 1.54) is 11.3 Å². The van der Waals surface area contributed by atoms with Crippen molar-refractivity contribution in [3.63, 3.8) is 0 Å². The van der Waals surface area contributed by atoms with Gasteiger partial charge in [0.25, 0.3) is 0 Å². The Kier molecular flexibility index (Phi) is 5.47. The number of benzene rings is 1. The minimum atomic E-state index is -0.309. The Morgan fingerprint density at radius 2 is 2.05 bits per heavy atom. The van der Waals surface area contributed by atoms with E-state index in [1.54, 1.807) is 25.3 Å². The molecule has 0 aliphatic rings. The zero-order valence-electron chi connectivity index (χ0n) is 11.9. The highest BCUT2D eigenvalue weighted by Crippen LogP contribution is 2.36. The molecule has 0 radical (unpaired) electrons. The Labute approximate surface area is 133 Å². The van der Waals surface area contributed by atoms with Crippen molar-refractivity contribution in [2.45, 2.75) is 25.7 Å². The first kappa shape index (κ1) is 16.1. The molecule has 0 fully saturated rings. The Morgan fingerprint density at radius 1 is 1.29 bits per heavy atom. The van der Waals surface area contributed by atoms with Gasteiger partial charge in [0.1, 0.15) is 6.10 Å². The second-order valence-electron chi connectivity index (χ2n) is 4.68. The van der Waals surface area contributed by atoms with Crippen molar-refractivity contribution in [2.75, 3.05) is 7.11 Å². The molecule has 3 N–H and O–H groups in total. The zero-order valence-corrected chi connectivity index (χ0v) is 13.4. The molecule has 1 aromatic heterocycles. The van der Waals surface area contributed by atoms with Gasteiger partial charge in [0.05, 0.1) is 18.1 Å². The first-order valence-corrected chi connectivity index (χ1v) is 7.70. The number of aliphatic hydroxyl groups excluding tert-OH is 1. The predicted molar refractivity (Wildman–Crippen MR) is 85.3 cm³/mol. The van der Waals surface area contributed by atoms with E-state index in [9.17, 15) is 0 Å². The molecule has 0 saturated heterocycles. The molecule has 0 spiro atoms. The lowest BCUT2D eigenvalue weighted by Gasteiger charge is -2.22. The molecule has 2 aromatic rings. The van der Waals surface area contributed by atoms with Gasteiger partial charge in [-0.3, -0.25) is 0 Å². The Bertz CT molecular complexity index is 600. The quantitative estimate of drug-likeness (QED) is 0.853. The summed E-state index contributed by atoms with van der Waals surface area (Å²) < 4.78 is 12.0. The summed E-state index contributed by atoms with van der Waals surface area (Å²) in [5.74, 6) is 1.15. The monoisotopic (exact) mass is 327 g/mol. The Morgan fingerprint density at radius 3 is 2.57 bits per heavy atom. The molecule has 4 nitrogen and oxygen atoms in total. The van der Waals surface area contributed by atoms with Crippen LogP contribution in [0.3, 0.4) is 0 Å². The minimum absolute atomic E-state index is 0.0477. The SMILES string of the molecule is COc1cc(CO)ccc1OC(c1ccc(Cl)s1)C(C)N. The van der Waals surface area contributed by atoms with E-state index in [0.717, 1.165) is 10.4 Å². The minimum Gasteiger partial charge on any atom is -0.493 e. The number of ether oxygens (including phenoxy) is 2. The van der Waals surface area contributed by atoms with Gasteiger partial charge in [0.2, 0.25) is 0 Å². The fourth-order valence-corrected chi connectivity index (χ4v) is 3.16. The van der Waals surface area contributed by atoms with Gasteiger partial charge in [-0.2, -0.15) is 0 Å². The van der Waals surface area contributed by atoms with Crippen LogP contribution >= 0.6 is 22.9 Å². The normalized spacial score (nSPS) is 13.8. The third-order valence-corrected chi connectivity index (χ3v) is 4.31. The lowest BCUT2D eigenvalue weighted by molar-refractivity contribution is 0.176. The van der Waals surface area contributed by atoms with Crippen LogP contribution in [0.15, 0.2) is 30.3 Å². The van der Waals surface area contributed by atoms with Gasteiger partial charge in [-0.25, -0.2) is 0 Å². The van der Waals surface area contributed by atoms with Crippen molar-refractivity contribution in [3.05, 3.63) is 45.1 Å². The summed E-state index contributed by atoms with van der Waals surface area (Å²) in [7, 11) is 1.56. The summed E-state index contributed by atoms with van der Waals surface area (Å²) >= 11 is 7.42. The maximum atomic E-state index is 9.17. The second kappa shape index (κ2) is 7.13. The molecule has 0 bridgehead atoms. The van der Waals surface area contributed by atoms with Gasteiger partial charge in [-0.15, -0.1) is 11.3 Å². The van der Waals surface area contributed by atoms with Crippen LogP contribution in [0.2, 0.25) is 4.34 Å². The number of aliphatic hydroxyl groups is 1. The molecule has 0 aliphatic carbocycles. The zero-order chi connectivity index (χ0) is 15.4. The number of rotatable bonds is 6. The van der Waals surface area contributed by atoms with E-state index < -0.39 is 0 Å². The Balaban J connectivity index is 2.29. The van der Waals surface area contributed by atoms with Gasteiger partial charge in [-0.05, 0) is 36.8 Å². The van der Waals surface area contributed by atoms with Crippen LogP contribution < -0.4 is 15.2 Å². The highest BCUT2D eigenvalue weighted by atomic mass is 35.5. The van der Waals surface area contributed by atoms with Crippen molar-refractivity contribution in [1.29, 1.82) is 0 Å². The molecule has 0 amide bonds. The molecule has 0 saturated carbocycles. The number of hydrogen-bond donors (Lipinski definition) is 2. The fraction of sp³-hybridized carbons (Fsp3) is 0.333. The van der Waals surface area contributed by atoms with Gasteiger partial charge >= 0.3 is 0 Å². The first-order chi connectivity index (χ1) is 10.0. The third-order valence-electron chi connectivity index (χ3n) is 3.02. The molecular formula is C15H18ClNO3S. The van der Waals surface area contributed by atoms with Crippen LogP contribution in [0.25, 0.3) is 0 Å². The first-order valence-electron chi connectivity index (χ1n) is 6.50. The number of thiophene rings is 1. The number of methoxy groups -OCH3 is 1. The maximum absolute atomic E-state index is 9.17. The van der Waals surface area contributed by atoms with Crippen LogP contribution in [0.1, 0.15) is 23.5 Å². The molecule has 1 heterocycles. The van der Waals surface area contributed by atoms with Gasteiger partial charge in [-0.1, -0.05) is 17.7 Å². The molecule has 21 heavy (non-hydrogen) atoms. The highest BCUT2D eigenvalue weighted by Gasteiger charge is 2.22. The van der Waals surface area contributed by atoms with Gasteiger partial charge < -0.3 is 20.3 Å². The fourth-order valence-electron chi connectivity index (χ4n) is 1.95. The van der Waals surface area contributed by atoms with E-state index in [0.29, 0.717) is 15.8 Å². The average molecular weight is 328 g/mol. The van der Waals surface area contributed by atoms with Crippen molar-refractivity contribution < 1.29 is 14.6 Å². The standard InChI is InChI=1S/C15H18ClNO3S/c1-9(17)15(13-5-6-14(16)21-13)20-11-4-3-10(8-18)7-12(11)19-2/h3-7,9,15,18H,8,17H2,1-2H3. The van der Waals surface area contributed by atoms with Crippen LogP contribution in [-0.2, 0) is 6.61 Å². The van der Waals surface area contributed by atoms with Crippen LogP contribution in [0.5, 0.6) is 11.5 Å². The van der Waals surface area contributed by atoms with E-state index >= 15 is 0 Å². The van der Waals surface area contributed by atoms with Crippen LogP contribution in [-0.4, -0.2) is 18.3 Å². The smallest absolute Gasteiger partial charge is 0.162 e. The molecule has 6 heteroatoms. The molecule has 2 unspecified atom stereocenters. The molecule has 2 atom stereocenters. The third kappa shape index (κ3) is 3.89. The van der Waals surface area contributed by atoms with Crippen molar-refractivity contribution in [2.24, 2.45) is 5.73 Å². The summed E-state index contributed by atoms with van der Waals surface area (Å²) in [6.07, 6.45) is -0.309. The van der Waals surface area contributed by atoms with Crippen LogP contribution in [0.4, 0.5) is 0 Å². The van der Waals surface area contributed by atoms with Gasteiger partial charge in [0, 0.05) is 10.9 Å². The summed E-state index contributed by atoms with van der Waals surface area (Å²) in [6.45, 7) is 1.83. The largest absolute Gasteiger partial charge is 0.493 e.